The highest BCUT2D eigenvalue weighted by Crippen LogP contribution is 2.23. The molecule has 9 nitrogen and oxygen atoms in total. The normalized spacial score (nSPS) is 12.1. The maximum Gasteiger partial charge on any atom is 0.261 e. The van der Waals surface area contributed by atoms with Gasteiger partial charge in [-0.3, -0.25) is 4.40 Å². The van der Waals surface area contributed by atoms with E-state index < -0.39 is 10.0 Å². The molecule has 0 saturated heterocycles. The third kappa shape index (κ3) is 3.00. The molecule has 0 radical (unpaired) electrons. The van der Waals surface area contributed by atoms with Gasteiger partial charge in [-0.05, 0) is 38.1 Å². The Morgan fingerprint density at radius 2 is 2.08 bits per heavy atom. The minimum Gasteiger partial charge on any atom is -0.334 e. The predicted octanol–water partition coefficient (Wildman–Crippen LogP) is 1.94. The van der Waals surface area contributed by atoms with Crippen molar-refractivity contribution in [1.82, 2.24) is 29.5 Å². The summed E-state index contributed by atoms with van der Waals surface area (Å²) >= 11 is 1.22. The van der Waals surface area contributed by atoms with Gasteiger partial charge in [0.1, 0.15) is 4.21 Å². The second-order valence-electron chi connectivity index (χ2n) is 5.57. The number of hydrogen-bond donors (Lipinski definition) is 1. The van der Waals surface area contributed by atoms with Crippen LogP contribution in [-0.4, -0.2) is 33.2 Å². The van der Waals surface area contributed by atoms with Crippen molar-refractivity contribution in [3.63, 3.8) is 0 Å². The highest BCUT2D eigenvalue weighted by atomic mass is 32.2. The zero-order chi connectivity index (χ0) is 18.3. The van der Waals surface area contributed by atoms with Crippen molar-refractivity contribution in [2.75, 3.05) is 0 Å². The molecule has 0 aliphatic rings. The summed E-state index contributed by atoms with van der Waals surface area (Å²) in [5.41, 5.74) is 1.14. The Kier molecular flexibility index (Phi) is 4.05. The lowest BCUT2D eigenvalue weighted by Gasteiger charge is -2.04. The number of hydrogen-bond acceptors (Lipinski definition) is 8. The van der Waals surface area contributed by atoms with Crippen LogP contribution in [0.15, 0.2) is 39.2 Å². The maximum atomic E-state index is 12.4. The summed E-state index contributed by atoms with van der Waals surface area (Å²) in [6.07, 6.45) is 1.75. The van der Waals surface area contributed by atoms with Crippen LogP contribution in [-0.2, 0) is 16.6 Å². The van der Waals surface area contributed by atoms with E-state index in [9.17, 15) is 8.42 Å². The minimum atomic E-state index is -3.60. The number of nitrogens with one attached hydrogen (secondary N) is 1. The van der Waals surface area contributed by atoms with Gasteiger partial charge in [0.25, 0.3) is 5.89 Å². The molecule has 0 aliphatic carbocycles. The van der Waals surface area contributed by atoms with E-state index in [1.807, 2.05) is 6.92 Å². The standard InChI is InChI=1S/C15H14N6O3S2/c1-9-5-6-13(25-9)26(22,23)16-8-12-18-19-14-11(4-3-7-21(12)14)15-17-10(2)20-24-15/h3-7,16H,8H2,1-2H3. The molecule has 4 rings (SSSR count). The molecule has 0 aromatic carbocycles. The van der Waals surface area contributed by atoms with Crippen molar-refractivity contribution in [2.45, 2.75) is 24.6 Å². The Hall–Kier alpha value is -2.63. The monoisotopic (exact) mass is 390 g/mol. The first-order valence-corrected chi connectivity index (χ1v) is 9.93. The van der Waals surface area contributed by atoms with Crippen LogP contribution in [0.3, 0.4) is 0 Å². The Bertz CT molecular complexity index is 1190. The molecule has 0 fully saturated rings. The smallest absolute Gasteiger partial charge is 0.261 e. The fourth-order valence-corrected chi connectivity index (χ4v) is 4.75. The zero-order valence-electron chi connectivity index (χ0n) is 13.9. The molecule has 4 heterocycles. The average Bonchev–Trinajstić information content (AvgIpc) is 3.32. The number of sulfonamides is 1. The van der Waals surface area contributed by atoms with Crippen LogP contribution >= 0.6 is 11.3 Å². The second kappa shape index (κ2) is 6.27. The largest absolute Gasteiger partial charge is 0.334 e. The molecule has 0 atom stereocenters. The Morgan fingerprint density at radius 1 is 1.23 bits per heavy atom. The Morgan fingerprint density at radius 3 is 2.77 bits per heavy atom. The molecular formula is C15H14N6O3S2. The van der Waals surface area contributed by atoms with Gasteiger partial charge in [-0.1, -0.05) is 5.16 Å². The van der Waals surface area contributed by atoms with Crippen molar-refractivity contribution < 1.29 is 12.9 Å². The number of aromatic nitrogens is 5. The van der Waals surface area contributed by atoms with Gasteiger partial charge in [0.05, 0.1) is 12.1 Å². The fraction of sp³-hybridized carbons (Fsp3) is 0.200. The van der Waals surface area contributed by atoms with Crippen molar-refractivity contribution in [3.05, 3.63) is 47.0 Å². The summed E-state index contributed by atoms with van der Waals surface area (Å²) in [7, 11) is -3.60. The molecule has 134 valence electrons. The van der Waals surface area contributed by atoms with E-state index >= 15 is 0 Å². The number of nitrogens with zero attached hydrogens (tertiary/aromatic N) is 5. The lowest BCUT2D eigenvalue weighted by Crippen LogP contribution is -2.23. The average molecular weight is 390 g/mol. The van der Waals surface area contributed by atoms with Crippen LogP contribution in [0.5, 0.6) is 0 Å². The number of thiophene rings is 1. The molecular weight excluding hydrogens is 376 g/mol. The summed E-state index contributed by atoms with van der Waals surface area (Å²) in [5, 5.41) is 12.0. The van der Waals surface area contributed by atoms with Crippen molar-refractivity contribution >= 4 is 27.0 Å². The topological polar surface area (TPSA) is 115 Å². The van der Waals surface area contributed by atoms with Gasteiger partial charge >= 0.3 is 0 Å². The summed E-state index contributed by atoms with van der Waals surface area (Å²) < 4.78 is 34.5. The van der Waals surface area contributed by atoms with E-state index in [4.69, 9.17) is 4.52 Å². The van der Waals surface area contributed by atoms with E-state index in [0.29, 0.717) is 28.8 Å². The van der Waals surface area contributed by atoms with Crippen molar-refractivity contribution in [1.29, 1.82) is 0 Å². The molecule has 0 spiro atoms. The van der Waals surface area contributed by atoms with E-state index in [0.717, 1.165) is 4.88 Å². The minimum absolute atomic E-state index is 0.00671. The van der Waals surface area contributed by atoms with E-state index in [-0.39, 0.29) is 10.8 Å². The van der Waals surface area contributed by atoms with E-state index in [1.54, 1.807) is 41.8 Å². The molecule has 0 unspecified atom stereocenters. The first-order valence-electron chi connectivity index (χ1n) is 7.63. The van der Waals surface area contributed by atoms with Gasteiger partial charge in [0, 0.05) is 11.1 Å². The third-order valence-electron chi connectivity index (χ3n) is 3.66. The lowest BCUT2D eigenvalue weighted by atomic mass is 10.2. The summed E-state index contributed by atoms with van der Waals surface area (Å²) in [6.45, 7) is 3.59. The van der Waals surface area contributed by atoms with Gasteiger partial charge in [0.15, 0.2) is 17.3 Å². The third-order valence-corrected chi connectivity index (χ3v) is 6.56. The molecule has 11 heteroatoms. The quantitative estimate of drug-likeness (QED) is 0.553. The molecule has 0 aliphatic heterocycles. The fourth-order valence-electron chi connectivity index (χ4n) is 2.44. The van der Waals surface area contributed by atoms with Gasteiger partial charge in [-0.15, -0.1) is 21.5 Å². The summed E-state index contributed by atoms with van der Waals surface area (Å²) in [4.78, 5) is 5.13. The molecule has 4 aromatic rings. The lowest BCUT2D eigenvalue weighted by molar-refractivity contribution is 0.426. The maximum absolute atomic E-state index is 12.4. The van der Waals surface area contributed by atoms with E-state index in [1.165, 1.54) is 11.3 Å². The van der Waals surface area contributed by atoms with E-state index in [2.05, 4.69) is 25.1 Å². The highest BCUT2D eigenvalue weighted by Gasteiger charge is 2.19. The van der Waals surface area contributed by atoms with Gasteiger partial charge < -0.3 is 4.52 Å². The highest BCUT2D eigenvalue weighted by molar-refractivity contribution is 7.91. The van der Waals surface area contributed by atoms with Crippen LogP contribution in [0, 0.1) is 13.8 Å². The van der Waals surface area contributed by atoms with Crippen LogP contribution in [0.1, 0.15) is 16.5 Å². The van der Waals surface area contributed by atoms with Crippen molar-refractivity contribution in [3.8, 4) is 11.5 Å². The number of aryl methyl sites for hydroxylation is 2. The van der Waals surface area contributed by atoms with Crippen molar-refractivity contribution in [2.24, 2.45) is 0 Å². The first-order chi connectivity index (χ1) is 12.4. The first kappa shape index (κ1) is 16.8. The Labute approximate surface area is 152 Å². The summed E-state index contributed by atoms with van der Waals surface area (Å²) in [6, 6.07) is 6.93. The van der Waals surface area contributed by atoms with Crippen LogP contribution < -0.4 is 4.72 Å². The van der Waals surface area contributed by atoms with Crippen LogP contribution in [0.4, 0.5) is 0 Å². The zero-order valence-corrected chi connectivity index (χ0v) is 15.5. The number of pyridine rings is 1. The molecule has 4 aromatic heterocycles. The summed E-state index contributed by atoms with van der Waals surface area (Å²) in [5.74, 6) is 1.30. The SMILES string of the molecule is Cc1noc(-c2cccn3c(CNS(=O)(=O)c4ccc(C)s4)nnc23)n1. The molecule has 0 saturated carbocycles. The predicted molar refractivity (Wildman–Crippen MR) is 94.1 cm³/mol. The van der Waals surface area contributed by atoms with Crippen LogP contribution in [0.25, 0.3) is 17.1 Å². The second-order valence-corrected chi connectivity index (χ2v) is 8.85. The molecule has 26 heavy (non-hydrogen) atoms. The van der Waals surface area contributed by atoms with Gasteiger partial charge in [0.2, 0.25) is 10.0 Å². The number of fused-ring (bicyclic) bond motifs is 1. The van der Waals surface area contributed by atoms with Gasteiger partial charge in [-0.2, -0.15) is 4.98 Å². The molecule has 0 bridgehead atoms. The number of rotatable bonds is 5. The Balaban J connectivity index is 1.64. The molecule has 1 N–H and O–H groups in total. The molecule has 0 amide bonds. The van der Waals surface area contributed by atoms with Crippen LogP contribution in [0.2, 0.25) is 0 Å². The van der Waals surface area contributed by atoms with Gasteiger partial charge in [-0.25, -0.2) is 13.1 Å².